The number of carboxylic acids is 1. The summed E-state index contributed by atoms with van der Waals surface area (Å²) in [6.45, 7) is 0.631. The Kier molecular flexibility index (Phi) is 2.44. The number of hydrogen-bond acceptors (Lipinski definition) is 2. The summed E-state index contributed by atoms with van der Waals surface area (Å²) in [5.41, 5.74) is 0. The zero-order chi connectivity index (χ0) is 10.1. The molecule has 1 atom stereocenters. The van der Waals surface area contributed by atoms with Crippen molar-refractivity contribution in [2.75, 3.05) is 6.54 Å². The maximum atomic E-state index is 11.5. The van der Waals surface area contributed by atoms with E-state index in [1.165, 1.54) is 0 Å². The average molecular weight is 197 g/mol. The molecular formula is C10H15NO3. The highest BCUT2D eigenvalue weighted by Crippen LogP contribution is 2.36. The molecule has 1 N–H and O–H groups in total. The molecule has 1 aliphatic carbocycles. The number of nitrogens with zero attached hydrogens (tertiary/aromatic N) is 1. The van der Waals surface area contributed by atoms with Crippen LogP contribution >= 0.6 is 0 Å². The largest absolute Gasteiger partial charge is 0.480 e. The number of carbonyl (C=O) groups is 2. The molecule has 1 saturated carbocycles. The molecule has 1 unspecified atom stereocenters. The Morgan fingerprint density at radius 1 is 1.43 bits per heavy atom. The van der Waals surface area contributed by atoms with Gasteiger partial charge >= 0.3 is 5.97 Å². The third-order valence-corrected chi connectivity index (χ3v) is 3.02. The molecule has 1 saturated heterocycles. The van der Waals surface area contributed by atoms with Gasteiger partial charge in [0.2, 0.25) is 5.91 Å². The molecule has 1 amide bonds. The van der Waals surface area contributed by atoms with Crippen LogP contribution in [0.1, 0.15) is 32.1 Å². The van der Waals surface area contributed by atoms with Gasteiger partial charge in [-0.15, -0.1) is 0 Å². The van der Waals surface area contributed by atoms with Crippen LogP contribution in [0.5, 0.6) is 0 Å². The van der Waals surface area contributed by atoms with E-state index in [2.05, 4.69) is 0 Å². The quantitative estimate of drug-likeness (QED) is 0.730. The zero-order valence-corrected chi connectivity index (χ0v) is 8.11. The van der Waals surface area contributed by atoms with E-state index in [1.807, 2.05) is 0 Å². The van der Waals surface area contributed by atoms with Crippen molar-refractivity contribution in [3.63, 3.8) is 0 Å². The van der Waals surface area contributed by atoms with Gasteiger partial charge in [-0.2, -0.15) is 0 Å². The number of likely N-dealkylation sites (tertiary alicyclic amines) is 1. The lowest BCUT2D eigenvalue weighted by molar-refractivity contribution is -0.152. The van der Waals surface area contributed by atoms with Crippen LogP contribution in [0.3, 0.4) is 0 Å². The first-order chi connectivity index (χ1) is 6.70. The summed E-state index contributed by atoms with van der Waals surface area (Å²) in [5.74, 6) is -0.590. The molecule has 2 fully saturated rings. The van der Waals surface area contributed by atoms with E-state index in [4.69, 9.17) is 5.11 Å². The number of carboxylic acid groups (broad SMARTS) is 1. The minimum absolute atomic E-state index is 0.0237. The highest BCUT2D eigenvalue weighted by Gasteiger charge is 2.42. The van der Waals surface area contributed by atoms with Crippen molar-refractivity contribution in [1.82, 2.24) is 4.90 Å². The third kappa shape index (κ3) is 1.74. The van der Waals surface area contributed by atoms with Crippen molar-refractivity contribution in [1.29, 1.82) is 0 Å². The number of carbonyl (C=O) groups excluding carboxylic acids is 1. The average Bonchev–Trinajstić information content (AvgIpc) is 2.92. The lowest BCUT2D eigenvalue weighted by atomic mass is 10.0. The van der Waals surface area contributed by atoms with Gasteiger partial charge in [-0.05, 0) is 31.6 Å². The summed E-state index contributed by atoms with van der Waals surface area (Å²) < 4.78 is 0. The molecule has 0 aromatic carbocycles. The van der Waals surface area contributed by atoms with E-state index < -0.39 is 12.0 Å². The molecule has 0 bridgehead atoms. The molecule has 1 heterocycles. The summed E-state index contributed by atoms with van der Waals surface area (Å²) in [5, 5.41) is 9.06. The van der Waals surface area contributed by atoms with Crippen LogP contribution < -0.4 is 0 Å². The van der Waals surface area contributed by atoms with E-state index in [9.17, 15) is 9.59 Å². The fraction of sp³-hybridized carbons (Fsp3) is 0.800. The topological polar surface area (TPSA) is 57.6 Å². The van der Waals surface area contributed by atoms with Crippen molar-refractivity contribution < 1.29 is 14.7 Å². The van der Waals surface area contributed by atoms with Gasteiger partial charge in [-0.3, -0.25) is 4.79 Å². The monoisotopic (exact) mass is 197 g/mol. The minimum atomic E-state index is -0.831. The molecule has 78 valence electrons. The second-order valence-corrected chi connectivity index (χ2v) is 4.16. The van der Waals surface area contributed by atoms with E-state index >= 15 is 0 Å². The normalized spacial score (nSPS) is 24.9. The second kappa shape index (κ2) is 3.59. The van der Waals surface area contributed by atoms with Crippen LogP contribution in [-0.2, 0) is 9.59 Å². The molecule has 0 aromatic heterocycles. The number of hydrogen-bond donors (Lipinski definition) is 1. The van der Waals surface area contributed by atoms with Gasteiger partial charge < -0.3 is 10.0 Å². The number of rotatable bonds is 3. The van der Waals surface area contributed by atoms with Crippen molar-refractivity contribution in [3.05, 3.63) is 0 Å². The van der Waals surface area contributed by atoms with Crippen LogP contribution in [0.15, 0.2) is 0 Å². The van der Waals surface area contributed by atoms with Gasteiger partial charge in [0.25, 0.3) is 0 Å². The summed E-state index contributed by atoms with van der Waals surface area (Å²) in [4.78, 5) is 24.1. The smallest absolute Gasteiger partial charge is 0.326 e. The van der Waals surface area contributed by atoms with E-state index in [-0.39, 0.29) is 11.8 Å². The van der Waals surface area contributed by atoms with Crippen LogP contribution in [0, 0.1) is 5.92 Å². The van der Waals surface area contributed by atoms with Crippen molar-refractivity contribution in [2.45, 2.75) is 38.1 Å². The van der Waals surface area contributed by atoms with Gasteiger partial charge in [-0.1, -0.05) is 0 Å². The van der Waals surface area contributed by atoms with Crippen LogP contribution in [0.4, 0.5) is 0 Å². The molecule has 4 heteroatoms. The summed E-state index contributed by atoms with van der Waals surface area (Å²) in [6, 6.07) is -0.539. The standard InChI is InChI=1S/C10H15NO3/c12-8-3-1-2-6-11(8)9(10(13)14)7-4-5-7/h7,9H,1-6H2,(H,13,14). The Balaban J connectivity index is 2.08. The molecule has 14 heavy (non-hydrogen) atoms. The lowest BCUT2D eigenvalue weighted by Gasteiger charge is -2.32. The van der Waals surface area contributed by atoms with Gasteiger partial charge in [0, 0.05) is 13.0 Å². The maximum Gasteiger partial charge on any atom is 0.326 e. The van der Waals surface area contributed by atoms with Gasteiger partial charge in [0.15, 0.2) is 0 Å². The number of aliphatic carboxylic acids is 1. The molecule has 2 rings (SSSR count). The highest BCUT2D eigenvalue weighted by atomic mass is 16.4. The van der Waals surface area contributed by atoms with E-state index in [0.717, 1.165) is 25.7 Å². The molecule has 0 spiro atoms. The maximum absolute atomic E-state index is 11.5. The zero-order valence-electron chi connectivity index (χ0n) is 8.11. The number of amides is 1. The van der Waals surface area contributed by atoms with Crippen molar-refractivity contribution in [2.24, 2.45) is 5.92 Å². The van der Waals surface area contributed by atoms with E-state index in [0.29, 0.717) is 13.0 Å². The first-order valence-electron chi connectivity index (χ1n) is 5.22. The second-order valence-electron chi connectivity index (χ2n) is 4.16. The fourth-order valence-electron chi connectivity index (χ4n) is 2.12. The Hall–Kier alpha value is -1.06. The molecule has 4 nitrogen and oxygen atoms in total. The lowest BCUT2D eigenvalue weighted by Crippen LogP contribution is -2.48. The Labute approximate surface area is 82.9 Å². The first-order valence-corrected chi connectivity index (χ1v) is 5.22. The molecule has 2 aliphatic rings. The molecule has 1 aliphatic heterocycles. The summed E-state index contributed by atoms with van der Waals surface area (Å²) in [6.07, 6.45) is 4.30. The predicted molar refractivity (Wildman–Crippen MR) is 49.7 cm³/mol. The molecular weight excluding hydrogens is 182 g/mol. The fourth-order valence-corrected chi connectivity index (χ4v) is 2.12. The van der Waals surface area contributed by atoms with Gasteiger partial charge in [-0.25, -0.2) is 4.79 Å². The number of piperidine rings is 1. The molecule has 0 aromatic rings. The van der Waals surface area contributed by atoms with Crippen LogP contribution in [0.25, 0.3) is 0 Å². The summed E-state index contributed by atoms with van der Waals surface area (Å²) in [7, 11) is 0. The Bertz CT molecular complexity index is 260. The van der Waals surface area contributed by atoms with Gasteiger partial charge in [0.05, 0.1) is 0 Å². The minimum Gasteiger partial charge on any atom is -0.480 e. The first kappa shape index (κ1) is 9.49. The van der Waals surface area contributed by atoms with Gasteiger partial charge in [0.1, 0.15) is 6.04 Å². The van der Waals surface area contributed by atoms with Crippen molar-refractivity contribution >= 4 is 11.9 Å². The summed E-state index contributed by atoms with van der Waals surface area (Å²) >= 11 is 0. The third-order valence-electron chi connectivity index (χ3n) is 3.02. The van der Waals surface area contributed by atoms with E-state index in [1.54, 1.807) is 4.90 Å². The Morgan fingerprint density at radius 3 is 2.64 bits per heavy atom. The SMILES string of the molecule is O=C(O)C(C1CC1)N1CCCCC1=O. The Morgan fingerprint density at radius 2 is 2.14 bits per heavy atom. The van der Waals surface area contributed by atoms with Crippen LogP contribution in [0.2, 0.25) is 0 Å². The van der Waals surface area contributed by atoms with Crippen LogP contribution in [-0.4, -0.2) is 34.5 Å². The molecule has 0 radical (unpaired) electrons. The highest BCUT2D eigenvalue weighted by molar-refractivity contribution is 5.84. The predicted octanol–water partition coefficient (Wildman–Crippen LogP) is 0.862. The van der Waals surface area contributed by atoms with Crippen molar-refractivity contribution in [3.8, 4) is 0 Å².